The highest BCUT2D eigenvalue weighted by atomic mass is 79.9. The van der Waals surface area contributed by atoms with E-state index in [0.717, 1.165) is 22.7 Å². The minimum absolute atomic E-state index is 0.514. The van der Waals surface area contributed by atoms with Crippen LogP contribution in [0.3, 0.4) is 0 Å². The highest BCUT2D eigenvalue weighted by molar-refractivity contribution is 9.10. The number of halogens is 1. The molecule has 96 valence electrons. The Morgan fingerprint density at radius 2 is 2.28 bits per heavy atom. The number of nitrogens with one attached hydrogen (secondary N) is 1. The summed E-state index contributed by atoms with van der Waals surface area (Å²) in [6, 6.07) is 9.06. The van der Waals surface area contributed by atoms with Crippen molar-refractivity contribution in [2.24, 2.45) is 0 Å². The first-order chi connectivity index (χ1) is 8.61. The number of hydrogen-bond acceptors (Lipinski definition) is 3. The van der Waals surface area contributed by atoms with Crippen molar-refractivity contribution >= 4 is 21.6 Å². The maximum Gasteiger partial charge on any atom is 0.0992 e. The molecular formula is C14H18BrN3. The molecule has 0 spiro atoms. The number of anilines is 1. The molecule has 0 radical (unpaired) electrons. The molecule has 1 unspecified atom stereocenters. The lowest BCUT2D eigenvalue weighted by atomic mass is 10.2. The average Bonchev–Trinajstić information content (AvgIpc) is 3.20. The van der Waals surface area contributed by atoms with Gasteiger partial charge in [-0.15, -0.1) is 0 Å². The molecule has 1 aliphatic carbocycles. The molecule has 1 aromatic rings. The highest BCUT2D eigenvalue weighted by Crippen LogP contribution is 2.27. The summed E-state index contributed by atoms with van der Waals surface area (Å²) >= 11 is 3.49. The van der Waals surface area contributed by atoms with Crippen molar-refractivity contribution in [3.63, 3.8) is 0 Å². The van der Waals surface area contributed by atoms with E-state index in [9.17, 15) is 0 Å². The normalized spacial score (nSPS) is 16.4. The van der Waals surface area contributed by atoms with Gasteiger partial charge in [0.05, 0.1) is 11.6 Å². The van der Waals surface area contributed by atoms with E-state index in [4.69, 9.17) is 5.26 Å². The van der Waals surface area contributed by atoms with Crippen LogP contribution in [0.15, 0.2) is 22.7 Å². The largest absolute Gasteiger partial charge is 0.383 e. The predicted molar refractivity (Wildman–Crippen MR) is 77.6 cm³/mol. The Bertz CT molecular complexity index is 463. The first kappa shape index (κ1) is 13.4. The zero-order valence-electron chi connectivity index (χ0n) is 10.8. The monoisotopic (exact) mass is 307 g/mol. The minimum atomic E-state index is 0.514. The van der Waals surface area contributed by atoms with Gasteiger partial charge in [-0.1, -0.05) is 0 Å². The summed E-state index contributed by atoms with van der Waals surface area (Å²) in [5, 5.41) is 12.2. The second kappa shape index (κ2) is 5.73. The lowest BCUT2D eigenvalue weighted by Crippen LogP contribution is -2.36. The van der Waals surface area contributed by atoms with Crippen molar-refractivity contribution in [1.82, 2.24) is 4.90 Å². The van der Waals surface area contributed by atoms with Gasteiger partial charge in [0.25, 0.3) is 0 Å². The van der Waals surface area contributed by atoms with E-state index in [2.05, 4.69) is 46.2 Å². The summed E-state index contributed by atoms with van der Waals surface area (Å²) in [5.74, 6) is 0. The smallest absolute Gasteiger partial charge is 0.0992 e. The molecule has 18 heavy (non-hydrogen) atoms. The molecule has 0 heterocycles. The lowest BCUT2D eigenvalue weighted by Gasteiger charge is -2.25. The fourth-order valence-corrected chi connectivity index (χ4v) is 2.49. The van der Waals surface area contributed by atoms with Gasteiger partial charge in [-0.3, -0.25) is 4.90 Å². The van der Waals surface area contributed by atoms with Crippen molar-refractivity contribution < 1.29 is 0 Å². The topological polar surface area (TPSA) is 39.1 Å². The molecule has 2 rings (SSSR count). The standard InChI is InChI=1S/C14H18BrN3/c1-10(18(2)12-4-5-12)9-17-14-6-3-11(8-16)7-13(14)15/h3,6-7,10,12,17H,4-5,9H2,1-2H3. The van der Waals surface area contributed by atoms with Crippen LogP contribution in [-0.4, -0.2) is 30.6 Å². The third-order valence-electron chi connectivity index (χ3n) is 3.50. The van der Waals surface area contributed by atoms with Gasteiger partial charge < -0.3 is 5.32 Å². The third kappa shape index (κ3) is 3.24. The molecule has 0 amide bonds. The zero-order chi connectivity index (χ0) is 13.1. The van der Waals surface area contributed by atoms with Crippen LogP contribution in [-0.2, 0) is 0 Å². The molecule has 1 N–H and O–H groups in total. The Kier molecular flexibility index (Phi) is 4.26. The van der Waals surface area contributed by atoms with Crippen molar-refractivity contribution in [2.45, 2.75) is 31.8 Å². The number of hydrogen-bond donors (Lipinski definition) is 1. The van der Waals surface area contributed by atoms with Crippen LogP contribution in [0, 0.1) is 11.3 Å². The van der Waals surface area contributed by atoms with Gasteiger partial charge >= 0.3 is 0 Å². The van der Waals surface area contributed by atoms with E-state index in [-0.39, 0.29) is 0 Å². The Labute approximate surface area is 117 Å². The van der Waals surface area contributed by atoms with Crippen LogP contribution in [0.4, 0.5) is 5.69 Å². The molecule has 1 atom stereocenters. The highest BCUT2D eigenvalue weighted by Gasteiger charge is 2.28. The summed E-state index contributed by atoms with van der Waals surface area (Å²) < 4.78 is 0.947. The van der Waals surface area contributed by atoms with E-state index in [0.29, 0.717) is 11.6 Å². The van der Waals surface area contributed by atoms with Gasteiger partial charge in [-0.25, -0.2) is 0 Å². The second-order valence-corrected chi connectivity index (χ2v) is 5.79. The summed E-state index contributed by atoms with van der Waals surface area (Å²) in [6.45, 7) is 3.15. The van der Waals surface area contributed by atoms with Crippen LogP contribution < -0.4 is 5.32 Å². The first-order valence-electron chi connectivity index (χ1n) is 6.27. The van der Waals surface area contributed by atoms with Gasteiger partial charge in [0, 0.05) is 28.8 Å². The number of likely N-dealkylation sites (N-methyl/N-ethyl adjacent to an activating group) is 1. The SMILES string of the molecule is CC(CNc1ccc(C#N)cc1Br)N(C)C1CC1. The van der Waals surface area contributed by atoms with Gasteiger partial charge in [0.1, 0.15) is 0 Å². The summed E-state index contributed by atoms with van der Waals surface area (Å²) in [4.78, 5) is 2.44. The molecule has 4 heteroatoms. The van der Waals surface area contributed by atoms with Crippen LogP contribution in [0.1, 0.15) is 25.3 Å². The molecule has 0 aromatic heterocycles. The van der Waals surface area contributed by atoms with E-state index in [1.807, 2.05) is 18.2 Å². The van der Waals surface area contributed by atoms with Gasteiger partial charge in [0.2, 0.25) is 0 Å². The number of nitriles is 1. The molecule has 1 aliphatic rings. The maximum absolute atomic E-state index is 8.81. The molecular weight excluding hydrogens is 290 g/mol. The molecule has 0 saturated heterocycles. The second-order valence-electron chi connectivity index (χ2n) is 4.93. The Morgan fingerprint density at radius 1 is 1.56 bits per heavy atom. The van der Waals surface area contributed by atoms with Crippen molar-refractivity contribution in [1.29, 1.82) is 5.26 Å². The average molecular weight is 308 g/mol. The zero-order valence-corrected chi connectivity index (χ0v) is 12.4. The minimum Gasteiger partial charge on any atom is -0.383 e. The molecule has 0 bridgehead atoms. The van der Waals surface area contributed by atoms with Crippen LogP contribution >= 0.6 is 15.9 Å². The summed E-state index contributed by atoms with van der Waals surface area (Å²) in [6.07, 6.45) is 2.67. The summed E-state index contributed by atoms with van der Waals surface area (Å²) in [7, 11) is 2.19. The number of nitrogens with zero attached hydrogens (tertiary/aromatic N) is 2. The Balaban J connectivity index is 1.91. The molecule has 1 fully saturated rings. The van der Waals surface area contributed by atoms with Crippen LogP contribution in [0.5, 0.6) is 0 Å². The fraction of sp³-hybridized carbons (Fsp3) is 0.500. The van der Waals surface area contributed by atoms with Crippen LogP contribution in [0.25, 0.3) is 0 Å². The van der Waals surface area contributed by atoms with Gasteiger partial charge in [0.15, 0.2) is 0 Å². The van der Waals surface area contributed by atoms with E-state index >= 15 is 0 Å². The molecule has 3 nitrogen and oxygen atoms in total. The quantitative estimate of drug-likeness (QED) is 0.908. The summed E-state index contributed by atoms with van der Waals surface area (Å²) in [5.41, 5.74) is 1.72. The Morgan fingerprint density at radius 3 is 2.83 bits per heavy atom. The third-order valence-corrected chi connectivity index (χ3v) is 4.16. The van der Waals surface area contributed by atoms with Crippen LogP contribution in [0.2, 0.25) is 0 Å². The van der Waals surface area contributed by atoms with Gasteiger partial charge in [-0.05, 0) is 60.9 Å². The molecule has 1 saturated carbocycles. The van der Waals surface area contributed by atoms with E-state index in [1.165, 1.54) is 12.8 Å². The van der Waals surface area contributed by atoms with Crippen molar-refractivity contribution in [3.8, 4) is 6.07 Å². The fourth-order valence-electron chi connectivity index (χ4n) is 1.97. The van der Waals surface area contributed by atoms with Crippen molar-refractivity contribution in [3.05, 3.63) is 28.2 Å². The van der Waals surface area contributed by atoms with Gasteiger partial charge in [-0.2, -0.15) is 5.26 Å². The van der Waals surface area contributed by atoms with E-state index in [1.54, 1.807) is 0 Å². The first-order valence-corrected chi connectivity index (χ1v) is 7.06. The van der Waals surface area contributed by atoms with Crippen molar-refractivity contribution in [2.75, 3.05) is 18.9 Å². The van der Waals surface area contributed by atoms with E-state index < -0.39 is 0 Å². The number of rotatable bonds is 5. The lowest BCUT2D eigenvalue weighted by molar-refractivity contribution is 0.257. The Hall–Kier alpha value is -1.05. The number of benzene rings is 1. The predicted octanol–water partition coefficient (Wildman–Crippen LogP) is 3.22. The maximum atomic E-state index is 8.81. The molecule has 0 aliphatic heterocycles. The molecule has 1 aromatic carbocycles.